The molecule has 0 aliphatic heterocycles. The minimum atomic E-state index is -0.195. The summed E-state index contributed by atoms with van der Waals surface area (Å²) in [6, 6.07) is 13.8. The standard InChI is InChI=1S/C22H26Cl2N2O.ClH/c1-26(2,19-6-4-3-5-7-19)15-16-8-11-18(12-9-16)25-22(27)17-10-13-20(23)21(24)14-17;/h8-14,19H,3-7,15H2,1-2H3;1H. The van der Waals surface area contributed by atoms with Crippen LogP contribution in [0.25, 0.3) is 0 Å². The Labute approximate surface area is 184 Å². The van der Waals surface area contributed by atoms with Crippen LogP contribution in [0.2, 0.25) is 10.0 Å². The fourth-order valence-electron chi connectivity index (χ4n) is 3.91. The van der Waals surface area contributed by atoms with Gasteiger partial charge in [-0.2, -0.15) is 0 Å². The number of carbonyl (C=O) groups excluding carboxylic acids is 1. The molecule has 0 aromatic heterocycles. The van der Waals surface area contributed by atoms with Gasteiger partial charge in [-0.1, -0.05) is 41.8 Å². The second kappa shape index (κ2) is 9.98. The quantitative estimate of drug-likeness (QED) is 0.710. The molecule has 28 heavy (non-hydrogen) atoms. The van der Waals surface area contributed by atoms with Gasteiger partial charge in [-0.25, -0.2) is 0 Å². The molecule has 1 N–H and O–H groups in total. The van der Waals surface area contributed by atoms with Crippen LogP contribution in [-0.2, 0) is 6.54 Å². The molecule has 2 aromatic carbocycles. The highest BCUT2D eigenvalue weighted by atomic mass is 35.5. The normalized spacial score (nSPS) is 15.0. The summed E-state index contributed by atoms with van der Waals surface area (Å²) >= 11 is 11.9. The molecule has 0 spiro atoms. The summed E-state index contributed by atoms with van der Waals surface area (Å²) in [5, 5.41) is 3.73. The molecule has 0 unspecified atom stereocenters. The van der Waals surface area contributed by atoms with E-state index in [9.17, 15) is 4.79 Å². The van der Waals surface area contributed by atoms with Gasteiger partial charge in [0.15, 0.2) is 0 Å². The average molecular weight is 442 g/mol. The number of amides is 1. The highest BCUT2D eigenvalue weighted by molar-refractivity contribution is 6.42. The number of carbonyl (C=O) groups is 1. The minimum absolute atomic E-state index is 0. The third-order valence-corrected chi connectivity index (χ3v) is 6.29. The summed E-state index contributed by atoms with van der Waals surface area (Å²) in [6.07, 6.45) is 6.73. The van der Waals surface area contributed by atoms with Crippen LogP contribution >= 0.6 is 23.2 Å². The van der Waals surface area contributed by atoms with Gasteiger partial charge in [0.05, 0.1) is 30.2 Å². The van der Waals surface area contributed by atoms with Crippen molar-refractivity contribution in [2.45, 2.75) is 44.7 Å². The van der Waals surface area contributed by atoms with Crippen LogP contribution in [0.1, 0.15) is 48.0 Å². The lowest BCUT2D eigenvalue weighted by Gasteiger charge is -2.40. The Morgan fingerprint density at radius 1 is 1.00 bits per heavy atom. The first-order valence-electron chi connectivity index (χ1n) is 9.53. The molecule has 0 saturated heterocycles. The van der Waals surface area contributed by atoms with Crippen LogP contribution in [0.3, 0.4) is 0 Å². The van der Waals surface area contributed by atoms with Gasteiger partial charge in [0.2, 0.25) is 0 Å². The van der Waals surface area contributed by atoms with E-state index in [1.807, 2.05) is 12.1 Å². The Hall–Kier alpha value is -1.26. The molecule has 152 valence electrons. The minimum Gasteiger partial charge on any atom is -1.00 e. The maximum atomic E-state index is 12.4. The van der Waals surface area contributed by atoms with Gasteiger partial charge in [0, 0.05) is 16.8 Å². The molecular formula is C22H27Cl3N2O. The molecule has 2 aromatic rings. The smallest absolute Gasteiger partial charge is 0.255 e. The zero-order chi connectivity index (χ0) is 19.4. The largest absolute Gasteiger partial charge is 1.00 e. The van der Waals surface area contributed by atoms with Crippen molar-refractivity contribution in [1.82, 2.24) is 0 Å². The lowest BCUT2D eigenvalue weighted by Crippen LogP contribution is -3.00. The highest BCUT2D eigenvalue weighted by Gasteiger charge is 2.29. The number of halogens is 3. The van der Waals surface area contributed by atoms with Crippen LogP contribution in [0.5, 0.6) is 0 Å². The SMILES string of the molecule is C[N+](C)(Cc1ccc(NC(=O)c2ccc(Cl)c(Cl)c2)cc1)C1CCCCC1.[Cl-]. The van der Waals surface area contributed by atoms with Crippen molar-refractivity contribution in [3.63, 3.8) is 0 Å². The van der Waals surface area contributed by atoms with Gasteiger partial charge in [0.25, 0.3) is 5.91 Å². The van der Waals surface area contributed by atoms with E-state index in [-0.39, 0.29) is 18.3 Å². The molecule has 1 saturated carbocycles. The molecule has 1 amide bonds. The molecule has 1 aliphatic carbocycles. The number of rotatable bonds is 5. The van der Waals surface area contributed by atoms with E-state index in [1.54, 1.807) is 18.2 Å². The van der Waals surface area contributed by atoms with Gasteiger partial charge >= 0.3 is 0 Å². The van der Waals surface area contributed by atoms with E-state index in [4.69, 9.17) is 23.2 Å². The Bertz CT molecular complexity index is 800. The van der Waals surface area contributed by atoms with Gasteiger partial charge in [-0.3, -0.25) is 4.79 Å². The van der Waals surface area contributed by atoms with Gasteiger partial charge in [0.1, 0.15) is 6.54 Å². The summed E-state index contributed by atoms with van der Waals surface area (Å²) < 4.78 is 1.02. The van der Waals surface area contributed by atoms with Crippen molar-refractivity contribution in [3.05, 3.63) is 63.6 Å². The molecular weight excluding hydrogens is 415 g/mol. The van der Waals surface area contributed by atoms with Crippen molar-refractivity contribution in [2.75, 3.05) is 19.4 Å². The van der Waals surface area contributed by atoms with E-state index < -0.39 is 0 Å². The van der Waals surface area contributed by atoms with E-state index in [1.165, 1.54) is 37.7 Å². The van der Waals surface area contributed by atoms with Crippen molar-refractivity contribution in [2.24, 2.45) is 0 Å². The van der Waals surface area contributed by atoms with Crippen LogP contribution in [0.4, 0.5) is 5.69 Å². The lowest BCUT2D eigenvalue weighted by molar-refractivity contribution is -0.929. The van der Waals surface area contributed by atoms with E-state index >= 15 is 0 Å². The fraction of sp³-hybridized carbons (Fsp3) is 0.409. The second-order valence-electron chi connectivity index (χ2n) is 8.01. The first-order valence-corrected chi connectivity index (χ1v) is 10.3. The summed E-state index contributed by atoms with van der Waals surface area (Å²) in [6.45, 7) is 1.01. The topological polar surface area (TPSA) is 29.1 Å². The van der Waals surface area contributed by atoms with Crippen molar-refractivity contribution in [3.8, 4) is 0 Å². The number of nitrogens with zero attached hydrogens (tertiary/aromatic N) is 1. The predicted octanol–water partition coefficient (Wildman–Crippen LogP) is 3.16. The average Bonchev–Trinajstić information content (AvgIpc) is 2.66. The monoisotopic (exact) mass is 440 g/mol. The molecule has 0 radical (unpaired) electrons. The molecule has 1 fully saturated rings. The van der Waals surface area contributed by atoms with Crippen molar-refractivity contribution in [1.29, 1.82) is 0 Å². The number of benzene rings is 2. The second-order valence-corrected chi connectivity index (χ2v) is 8.82. The Morgan fingerprint density at radius 2 is 1.64 bits per heavy atom. The summed E-state index contributed by atoms with van der Waals surface area (Å²) in [4.78, 5) is 12.4. The zero-order valence-electron chi connectivity index (χ0n) is 16.4. The van der Waals surface area contributed by atoms with E-state index in [0.717, 1.165) is 22.8 Å². The van der Waals surface area contributed by atoms with E-state index in [2.05, 4.69) is 31.5 Å². The Morgan fingerprint density at radius 3 is 2.25 bits per heavy atom. The first-order chi connectivity index (χ1) is 12.8. The van der Waals surface area contributed by atoms with Crippen LogP contribution in [0.15, 0.2) is 42.5 Å². The van der Waals surface area contributed by atoms with Crippen LogP contribution < -0.4 is 17.7 Å². The zero-order valence-corrected chi connectivity index (χ0v) is 18.6. The third kappa shape index (κ3) is 5.87. The molecule has 0 atom stereocenters. The summed E-state index contributed by atoms with van der Waals surface area (Å²) in [5.74, 6) is -0.195. The Balaban J connectivity index is 0.00000280. The summed E-state index contributed by atoms with van der Waals surface area (Å²) in [7, 11) is 4.66. The van der Waals surface area contributed by atoms with Crippen molar-refractivity contribution >= 4 is 34.8 Å². The van der Waals surface area contributed by atoms with Gasteiger partial charge in [-0.05, 0) is 56.0 Å². The van der Waals surface area contributed by atoms with Gasteiger partial charge < -0.3 is 22.2 Å². The Kier molecular flexibility index (Phi) is 8.20. The van der Waals surface area contributed by atoms with E-state index in [0.29, 0.717) is 15.6 Å². The maximum Gasteiger partial charge on any atom is 0.255 e. The molecule has 3 rings (SSSR count). The predicted molar refractivity (Wildman–Crippen MR) is 114 cm³/mol. The number of quaternary nitrogens is 1. The molecule has 1 aliphatic rings. The highest BCUT2D eigenvalue weighted by Crippen LogP contribution is 2.28. The number of nitrogens with one attached hydrogen (secondary N) is 1. The van der Waals surface area contributed by atoms with Crippen LogP contribution in [0, 0.1) is 0 Å². The van der Waals surface area contributed by atoms with Gasteiger partial charge in [-0.15, -0.1) is 0 Å². The maximum absolute atomic E-state index is 12.4. The number of hydrogen-bond acceptors (Lipinski definition) is 1. The first kappa shape index (κ1) is 23.0. The molecule has 6 heteroatoms. The number of hydrogen-bond donors (Lipinski definition) is 1. The molecule has 3 nitrogen and oxygen atoms in total. The molecule has 0 bridgehead atoms. The number of anilines is 1. The lowest BCUT2D eigenvalue weighted by atomic mass is 9.92. The van der Waals surface area contributed by atoms with Crippen LogP contribution in [-0.4, -0.2) is 30.5 Å². The third-order valence-electron chi connectivity index (χ3n) is 5.55. The summed E-state index contributed by atoms with van der Waals surface area (Å²) in [5.41, 5.74) is 2.56. The molecule has 0 heterocycles. The fourth-order valence-corrected chi connectivity index (χ4v) is 4.21. The van der Waals surface area contributed by atoms with Crippen molar-refractivity contribution < 1.29 is 21.7 Å².